The summed E-state index contributed by atoms with van der Waals surface area (Å²) < 4.78 is 0. The van der Waals surface area contributed by atoms with Crippen molar-refractivity contribution >= 4 is 11.6 Å². The van der Waals surface area contributed by atoms with Crippen molar-refractivity contribution in [2.45, 2.75) is 13.8 Å². The molecule has 1 aliphatic heterocycles. The van der Waals surface area contributed by atoms with Crippen LogP contribution in [0.4, 0.5) is 5.69 Å². The van der Waals surface area contributed by atoms with Gasteiger partial charge >= 0.3 is 0 Å². The molecule has 20 heavy (non-hydrogen) atoms. The summed E-state index contributed by atoms with van der Waals surface area (Å²) in [7, 11) is 4.04. The molecular formula is C16H25N3O. The first kappa shape index (κ1) is 14.9. The predicted molar refractivity (Wildman–Crippen MR) is 83.5 cm³/mol. The van der Waals surface area contributed by atoms with Gasteiger partial charge in [0.1, 0.15) is 0 Å². The molecule has 1 saturated heterocycles. The van der Waals surface area contributed by atoms with Crippen molar-refractivity contribution in [2.75, 3.05) is 51.7 Å². The van der Waals surface area contributed by atoms with Crippen LogP contribution in [0.5, 0.6) is 0 Å². The van der Waals surface area contributed by atoms with E-state index in [2.05, 4.69) is 23.6 Å². The molecule has 0 bridgehead atoms. The molecule has 0 N–H and O–H groups in total. The normalized spacial score (nSPS) is 16.3. The molecule has 1 amide bonds. The van der Waals surface area contributed by atoms with E-state index >= 15 is 0 Å². The van der Waals surface area contributed by atoms with Crippen LogP contribution in [0.15, 0.2) is 18.2 Å². The molecule has 0 aromatic heterocycles. The molecule has 1 heterocycles. The van der Waals surface area contributed by atoms with Crippen molar-refractivity contribution in [3.63, 3.8) is 0 Å². The van der Waals surface area contributed by atoms with Gasteiger partial charge in [0.25, 0.3) is 5.91 Å². The number of rotatable bonds is 3. The second-order valence-electron chi connectivity index (χ2n) is 5.62. The van der Waals surface area contributed by atoms with Gasteiger partial charge in [0.15, 0.2) is 0 Å². The Kier molecular flexibility index (Phi) is 4.65. The maximum atomic E-state index is 12.5. The molecule has 0 spiro atoms. The molecule has 0 atom stereocenters. The molecule has 0 aliphatic carbocycles. The van der Waals surface area contributed by atoms with Gasteiger partial charge in [0, 0.05) is 51.5 Å². The van der Waals surface area contributed by atoms with E-state index in [1.54, 1.807) is 0 Å². The first-order valence-corrected chi connectivity index (χ1v) is 7.32. The van der Waals surface area contributed by atoms with E-state index in [9.17, 15) is 4.79 Å². The highest BCUT2D eigenvalue weighted by atomic mass is 16.2. The van der Waals surface area contributed by atoms with Crippen molar-refractivity contribution in [1.82, 2.24) is 9.80 Å². The summed E-state index contributed by atoms with van der Waals surface area (Å²) in [4.78, 5) is 18.9. The molecule has 1 aromatic rings. The number of aryl methyl sites for hydroxylation is 1. The number of amides is 1. The van der Waals surface area contributed by atoms with Crippen LogP contribution >= 0.6 is 0 Å². The van der Waals surface area contributed by atoms with Gasteiger partial charge < -0.3 is 14.7 Å². The average molecular weight is 275 g/mol. The van der Waals surface area contributed by atoms with E-state index in [4.69, 9.17) is 0 Å². The topological polar surface area (TPSA) is 26.8 Å². The van der Waals surface area contributed by atoms with Crippen LogP contribution in [0.2, 0.25) is 0 Å². The van der Waals surface area contributed by atoms with Crippen molar-refractivity contribution < 1.29 is 4.79 Å². The Morgan fingerprint density at radius 2 is 1.85 bits per heavy atom. The molecule has 2 rings (SSSR count). The highest BCUT2D eigenvalue weighted by molar-refractivity contribution is 5.95. The Balaban J connectivity index is 2.08. The molecule has 0 unspecified atom stereocenters. The van der Waals surface area contributed by atoms with E-state index in [1.165, 1.54) is 0 Å². The maximum absolute atomic E-state index is 12.5. The van der Waals surface area contributed by atoms with Crippen molar-refractivity contribution in [1.29, 1.82) is 0 Å². The largest absolute Gasteiger partial charge is 0.377 e. The fourth-order valence-corrected chi connectivity index (χ4v) is 2.74. The van der Waals surface area contributed by atoms with Gasteiger partial charge in [0.2, 0.25) is 0 Å². The highest BCUT2D eigenvalue weighted by Crippen LogP contribution is 2.20. The Morgan fingerprint density at radius 3 is 2.35 bits per heavy atom. The molecule has 0 saturated carbocycles. The summed E-state index contributed by atoms with van der Waals surface area (Å²) in [5, 5.41) is 0. The summed E-state index contributed by atoms with van der Waals surface area (Å²) in [6.45, 7) is 8.93. The number of anilines is 1. The number of hydrogen-bond acceptors (Lipinski definition) is 3. The van der Waals surface area contributed by atoms with Crippen molar-refractivity contribution in [3.8, 4) is 0 Å². The van der Waals surface area contributed by atoms with E-state index in [1.807, 2.05) is 37.2 Å². The molecule has 110 valence electrons. The van der Waals surface area contributed by atoms with Gasteiger partial charge in [-0.25, -0.2) is 0 Å². The smallest absolute Gasteiger partial charge is 0.253 e. The molecule has 4 heteroatoms. The summed E-state index contributed by atoms with van der Waals surface area (Å²) in [6, 6.07) is 5.98. The minimum Gasteiger partial charge on any atom is -0.377 e. The fourth-order valence-electron chi connectivity index (χ4n) is 2.74. The standard InChI is InChI=1S/C16H25N3O/c1-5-18-8-10-19(11-9-18)16(20)14-6-7-15(17(3)4)13(2)12-14/h6-7,12H,5,8-11H2,1-4H3. The van der Waals surface area contributed by atoms with Crippen LogP contribution in [-0.4, -0.2) is 62.5 Å². The third kappa shape index (κ3) is 3.12. The zero-order valence-electron chi connectivity index (χ0n) is 13.0. The lowest BCUT2D eigenvalue weighted by molar-refractivity contribution is 0.0643. The Bertz CT molecular complexity index is 477. The van der Waals surface area contributed by atoms with Gasteiger partial charge in [-0.3, -0.25) is 4.79 Å². The second kappa shape index (κ2) is 6.27. The van der Waals surface area contributed by atoms with Gasteiger partial charge in [0.05, 0.1) is 0 Å². The molecule has 0 radical (unpaired) electrons. The minimum atomic E-state index is 0.161. The molecule has 1 aromatic carbocycles. The minimum absolute atomic E-state index is 0.161. The Morgan fingerprint density at radius 1 is 1.20 bits per heavy atom. The third-order valence-electron chi connectivity index (χ3n) is 4.03. The summed E-state index contributed by atoms with van der Waals surface area (Å²) in [5.41, 5.74) is 3.11. The quantitative estimate of drug-likeness (QED) is 0.842. The van der Waals surface area contributed by atoms with E-state index < -0.39 is 0 Å². The number of piperazine rings is 1. The van der Waals surface area contributed by atoms with Crippen molar-refractivity contribution in [2.24, 2.45) is 0 Å². The number of carbonyl (C=O) groups is 1. The SMILES string of the molecule is CCN1CCN(C(=O)c2ccc(N(C)C)c(C)c2)CC1. The van der Waals surface area contributed by atoms with E-state index in [-0.39, 0.29) is 5.91 Å². The first-order valence-electron chi connectivity index (χ1n) is 7.32. The number of nitrogens with zero attached hydrogens (tertiary/aromatic N) is 3. The molecule has 1 aliphatic rings. The van der Waals surface area contributed by atoms with Crippen LogP contribution in [0.25, 0.3) is 0 Å². The fraction of sp³-hybridized carbons (Fsp3) is 0.562. The number of hydrogen-bond donors (Lipinski definition) is 0. The van der Waals surface area contributed by atoms with Crippen LogP contribution in [0.3, 0.4) is 0 Å². The van der Waals surface area contributed by atoms with Crippen LogP contribution in [-0.2, 0) is 0 Å². The van der Waals surface area contributed by atoms with E-state index in [0.717, 1.165) is 49.5 Å². The van der Waals surface area contributed by atoms with Crippen LogP contribution in [0, 0.1) is 6.92 Å². The zero-order chi connectivity index (χ0) is 14.7. The van der Waals surface area contributed by atoms with Gasteiger partial charge in [-0.05, 0) is 37.2 Å². The number of benzene rings is 1. The van der Waals surface area contributed by atoms with Gasteiger partial charge in [-0.15, -0.1) is 0 Å². The summed E-state index contributed by atoms with van der Waals surface area (Å²) in [6.07, 6.45) is 0. The maximum Gasteiger partial charge on any atom is 0.253 e. The van der Waals surface area contributed by atoms with Crippen molar-refractivity contribution in [3.05, 3.63) is 29.3 Å². The lowest BCUT2D eigenvalue weighted by Crippen LogP contribution is -2.48. The average Bonchev–Trinajstić information content (AvgIpc) is 2.46. The Labute approximate surface area is 122 Å². The van der Waals surface area contributed by atoms with Gasteiger partial charge in [-0.1, -0.05) is 6.92 Å². The van der Waals surface area contributed by atoms with Crippen LogP contribution in [0.1, 0.15) is 22.8 Å². The zero-order valence-corrected chi connectivity index (χ0v) is 13.0. The predicted octanol–water partition coefficient (Wildman–Crippen LogP) is 1.84. The Hall–Kier alpha value is -1.55. The molecular weight excluding hydrogens is 250 g/mol. The molecule has 4 nitrogen and oxygen atoms in total. The van der Waals surface area contributed by atoms with E-state index in [0.29, 0.717) is 0 Å². The first-order chi connectivity index (χ1) is 9.52. The molecule has 1 fully saturated rings. The van der Waals surface area contributed by atoms with Gasteiger partial charge in [-0.2, -0.15) is 0 Å². The lowest BCUT2D eigenvalue weighted by Gasteiger charge is -2.34. The summed E-state index contributed by atoms with van der Waals surface area (Å²) >= 11 is 0. The third-order valence-corrected chi connectivity index (χ3v) is 4.03. The number of likely N-dealkylation sites (N-methyl/N-ethyl adjacent to an activating group) is 1. The lowest BCUT2D eigenvalue weighted by atomic mass is 10.1. The summed E-state index contributed by atoms with van der Waals surface area (Å²) in [5.74, 6) is 0.161. The number of carbonyl (C=O) groups excluding carboxylic acids is 1. The monoisotopic (exact) mass is 275 g/mol. The second-order valence-corrected chi connectivity index (χ2v) is 5.62. The highest BCUT2D eigenvalue weighted by Gasteiger charge is 2.21. The van der Waals surface area contributed by atoms with Crippen LogP contribution < -0.4 is 4.90 Å².